The van der Waals surface area contributed by atoms with Gasteiger partial charge in [0.25, 0.3) is 5.56 Å². The third kappa shape index (κ3) is 6.25. The van der Waals surface area contributed by atoms with Gasteiger partial charge < -0.3 is 15.6 Å². The molecule has 0 radical (unpaired) electrons. The number of imidazole rings is 1. The Bertz CT molecular complexity index is 1880. The summed E-state index contributed by atoms with van der Waals surface area (Å²) in [6, 6.07) is 10.1. The molecule has 0 unspecified atom stereocenters. The number of hydrogen-bond donors (Lipinski definition) is 3. The average Bonchev–Trinajstić information content (AvgIpc) is 3.49. The Kier molecular flexibility index (Phi) is 8.79. The number of nitrogens with zero attached hydrogens (tertiary/aromatic N) is 6. The molecular formula is C30H31N9O4. The van der Waals surface area contributed by atoms with Crippen LogP contribution in [0, 0.1) is 0 Å². The minimum Gasteiger partial charge on any atom is -0.363 e. The zero-order valence-electron chi connectivity index (χ0n) is 23.8. The molecule has 0 atom stereocenters. The molecule has 13 heteroatoms. The van der Waals surface area contributed by atoms with Crippen LogP contribution in [-0.4, -0.2) is 58.7 Å². The number of aromatic nitrogens is 7. The van der Waals surface area contributed by atoms with Crippen LogP contribution in [0.3, 0.4) is 0 Å². The van der Waals surface area contributed by atoms with Crippen LogP contribution in [0.2, 0.25) is 0 Å². The smallest absolute Gasteiger partial charge is 0.332 e. The summed E-state index contributed by atoms with van der Waals surface area (Å²) in [5, 5.41) is 6.10. The van der Waals surface area contributed by atoms with Crippen LogP contribution in [-0.2, 0) is 13.1 Å². The second-order valence-corrected chi connectivity index (χ2v) is 9.80. The van der Waals surface area contributed by atoms with Gasteiger partial charge in [0, 0.05) is 49.0 Å². The number of rotatable bonds is 13. The third-order valence-corrected chi connectivity index (χ3v) is 6.72. The molecule has 0 aliphatic heterocycles. The monoisotopic (exact) mass is 581 g/mol. The van der Waals surface area contributed by atoms with E-state index >= 15 is 0 Å². The van der Waals surface area contributed by atoms with Crippen LogP contribution in [0.1, 0.15) is 47.4 Å². The van der Waals surface area contributed by atoms with Crippen molar-refractivity contribution in [3.8, 4) is 11.4 Å². The fraction of sp³-hybridized carbons (Fsp3) is 0.267. The number of fused-ring (bicyclic) bond motifs is 1. The van der Waals surface area contributed by atoms with Crippen molar-refractivity contribution in [2.75, 3.05) is 23.7 Å². The number of aromatic amines is 1. The van der Waals surface area contributed by atoms with Crippen molar-refractivity contribution in [2.45, 2.75) is 39.8 Å². The van der Waals surface area contributed by atoms with E-state index in [2.05, 4.69) is 35.6 Å². The lowest BCUT2D eigenvalue weighted by Crippen LogP contribution is -2.40. The molecule has 5 heterocycles. The lowest BCUT2D eigenvalue weighted by molar-refractivity contribution is 0.0998. The Balaban J connectivity index is 1.53. The highest BCUT2D eigenvalue weighted by Gasteiger charge is 2.20. The molecule has 0 saturated carbocycles. The van der Waals surface area contributed by atoms with Crippen LogP contribution in [0.4, 0.5) is 11.6 Å². The third-order valence-electron chi connectivity index (χ3n) is 6.72. The number of pyridine rings is 3. The van der Waals surface area contributed by atoms with Crippen molar-refractivity contribution in [3.63, 3.8) is 0 Å². The van der Waals surface area contributed by atoms with E-state index in [9.17, 15) is 19.2 Å². The number of carbonyl (C=O) groups is 2. The highest BCUT2D eigenvalue weighted by Crippen LogP contribution is 2.27. The van der Waals surface area contributed by atoms with Gasteiger partial charge in [0.15, 0.2) is 17.2 Å². The van der Waals surface area contributed by atoms with Crippen LogP contribution in [0.5, 0.6) is 0 Å². The quantitative estimate of drug-likeness (QED) is 0.176. The maximum Gasteiger partial charge on any atom is 0.332 e. The molecule has 0 aromatic carbocycles. The van der Waals surface area contributed by atoms with E-state index in [-0.39, 0.29) is 48.2 Å². The number of H-pyrrole nitrogens is 1. The molecule has 3 N–H and O–H groups in total. The van der Waals surface area contributed by atoms with Gasteiger partial charge in [-0.2, -0.15) is 0 Å². The van der Waals surface area contributed by atoms with Gasteiger partial charge in [-0.15, -0.1) is 0 Å². The van der Waals surface area contributed by atoms with E-state index < -0.39 is 11.2 Å². The SMILES string of the molecule is CCCn1c(=O)c2[nH]c(-c3ccc(NCC(=O)c4cccnc4)nc3NCC(=O)c3cccnc3)nc2n(CCC)c1=O. The van der Waals surface area contributed by atoms with E-state index in [0.717, 1.165) is 0 Å². The van der Waals surface area contributed by atoms with Gasteiger partial charge in [0.05, 0.1) is 18.7 Å². The normalized spacial score (nSPS) is 11.0. The van der Waals surface area contributed by atoms with Gasteiger partial charge in [-0.1, -0.05) is 13.8 Å². The molecule has 13 nitrogen and oxygen atoms in total. The summed E-state index contributed by atoms with van der Waals surface area (Å²) in [6.07, 6.45) is 7.44. The Labute approximate surface area is 246 Å². The lowest BCUT2D eigenvalue weighted by atomic mass is 10.2. The zero-order valence-corrected chi connectivity index (χ0v) is 23.8. The van der Waals surface area contributed by atoms with E-state index in [1.807, 2.05) is 13.8 Å². The highest BCUT2D eigenvalue weighted by atomic mass is 16.2. The highest BCUT2D eigenvalue weighted by molar-refractivity contribution is 5.99. The summed E-state index contributed by atoms with van der Waals surface area (Å²) in [6.45, 7) is 4.38. The predicted octanol–water partition coefficient (Wildman–Crippen LogP) is 3.15. The largest absolute Gasteiger partial charge is 0.363 e. The first-order valence-corrected chi connectivity index (χ1v) is 14.0. The topological polar surface area (TPSA) is 170 Å². The molecule has 5 aromatic heterocycles. The summed E-state index contributed by atoms with van der Waals surface area (Å²) in [7, 11) is 0. The average molecular weight is 582 g/mol. The molecule has 5 aromatic rings. The van der Waals surface area contributed by atoms with Crippen LogP contribution >= 0.6 is 0 Å². The molecule has 0 spiro atoms. The Morgan fingerprint density at radius 1 is 0.814 bits per heavy atom. The zero-order chi connectivity index (χ0) is 30.3. The molecule has 0 bridgehead atoms. The van der Waals surface area contributed by atoms with E-state index in [1.165, 1.54) is 21.5 Å². The van der Waals surface area contributed by atoms with Crippen molar-refractivity contribution in [1.29, 1.82) is 0 Å². The van der Waals surface area contributed by atoms with E-state index in [1.54, 1.807) is 48.8 Å². The lowest BCUT2D eigenvalue weighted by Gasteiger charge is -2.12. The summed E-state index contributed by atoms with van der Waals surface area (Å²) >= 11 is 0. The first-order valence-electron chi connectivity index (χ1n) is 14.0. The summed E-state index contributed by atoms with van der Waals surface area (Å²) in [5.74, 6) is 0.576. The fourth-order valence-electron chi connectivity index (χ4n) is 4.62. The van der Waals surface area contributed by atoms with Gasteiger partial charge in [-0.05, 0) is 49.2 Å². The minimum atomic E-state index is -0.450. The Morgan fingerprint density at radius 3 is 2.05 bits per heavy atom. The van der Waals surface area contributed by atoms with Crippen molar-refractivity contribution in [3.05, 3.63) is 93.2 Å². The molecule has 0 saturated heterocycles. The van der Waals surface area contributed by atoms with Gasteiger partial charge in [-0.25, -0.2) is 14.8 Å². The second kappa shape index (κ2) is 13.0. The van der Waals surface area contributed by atoms with Crippen molar-refractivity contribution in [2.24, 2.45) is 0 Å². The molecule has 5 rings (SSSR count). The molecule has 0 fully saturated rings. The Hall–Kier alpha value is -5.46. The molecule has 0 amide bonds. The van der Waals surface area contributed by atoms with Gasteiger partial charge in [-0.3, -0.25) is 33.5 Å². The second-order valence-electron chi connectivity index (χ2n) is 9.80. The fourth-order valence-corrected chi connectivity index (χ4v) is 4.62. The Morgan fingerprint density at radius 2 is 1.44 bits per heavy atom. The van der Waals surface area contributed by atoms with Gasteiger partial charge in [0.1, 0.15) is 23.0 Å². The van der Waals surface area contributed by atoms with Crippen LogP contribution in [0.15, 0.2) is 70.8 Å². The van der Waals surface area contributed by atoms with Crippen molar-refractivity contribution < 1.29 is 9.59 Å². The molecular weight excluding hydrogens is 550 g/mol. The predicted molar refractivity (Wildman–Crippen MR) is 163 cm³/mol. The molecule has 220 valence electrons. The number of Topliss-reactive ketones (excluding diaryl/α,β-unsaturated/α-hetero) is 2. The number of carbonyl (C=O) groups excluding carboxylic acids is 2. The molecule has 0 aliphatic rings. The summed E-state index contributed by atoms with van der Waals surface area (Å²) in [5.41, 5.74) is 0.957. The maximum atomic E-state index is 13.3. The molecule has 43 heavy (non-hydrogen) atoms. The van der Waals surface area contributed by atoms with Gasteiger partial charge in [0.2, 0.25) is 0 Å². The van der Waals surface area contributed by atoms with Gasteiger partial charge >= 0.3 is 5.69 Å². The number of hydrogen-bond acceptors (Lipinski definition) is 10. The summed E-state index contributed by atoms with van der Waals surface area (Å²) in [4.78, 5) is 72.2. The van der Waals surface area contributed by atoms with Crippen molar-refractivity contribution in [1.82, 2.24) is 34.1 Å². The number of anilines is 2. The number of ketones is 2. The first-order chi connectivity index (χ1) is 20.9. The minimum absolute atomic E-state index is 0.0308. The first kappa shape index (κ1) is 29.0. The van der Waals surface area contributed by atoms with E-state index in [4.69, 9.17) is 0 Å². The molecule has 0 aliphatic carbocycles. The number of nitrogens with one attached hydrogen (secondary N) is 3. The standard InChI is InChI=1S/C30H31N9O4/c1-3-13-38-28-25(29(42)39(14-4-2)30(38)43)36-27(37-28)21-9-10-24(33-17-22(40)19-7-5-11-31-15-19)35-26(21)34-18-23(41)20-8-6-12-32-16-20/h5-12,15-16H,3-4,13-14,17-18H2,1-2H3,(H,36,37)(H2,33,34,35). The number of aryl methyl sites for hydroxylation is 1. The summed E-state index contributed by atoms with van der Waals surface area (Å²) < 4.78 is 2.72. The van der Waals surface area contributed by atoms with Crippen LogP contribution < -0.4 is 21.9 Å². The van der Waals surface area contributed by atoms with Crippen LogP contribution in [0.25, 0.3) is 22.6 Å². The maximum absolute atomic E-state index is 13.3. The van der Waals surface area contributed by atoms with E-state index in [0.29, 0.717) is 47.7 Å². The van der Waals surface area contributed by atoms with Crippen molar-refractivity contribution >= 4 is 34.4 Å².